The van der Waals surface area contributed by atoms with Gasteiger partial charge >= 0.3 is 0 Å². The smallest absolute Gasteiger partial charge is 0.257 e. The number of benzene rings is 2. The van der Waals surface area contributed by atoms with Crippen LogP contribution in [-0.4, -0.2) is 47.7 Å². The van der Waals surface area contributed by atoms with Crippen molar-refractivity contribution in [2.45, 2.75) is 76.3 Å². The summed E-state index contributed by atoms with van der Waals surface area (Å²) in [5.41, 5.74) is 2.26. The number of hydrogen-bond acceptors (Lipinski definition) is 6. The Morgan fingerprint density at radius 3 is 2.30 bits per heavy atom. The van der Waals surface area contributed by atoms with Crippen LogP contribution in [0.1, 0.15) is 81.0 Å². The van der Waals surface area contributed by atoms with Crippen molar-refractivity contribution in [3.63, 3.8) is 0 Å². The Labute approximate surface area is 224 Å². The van der Waals surface area contributed by atoms with Crippen LogP contribution in [-0.2, 0) is 0 Å². The largest absolute Gasteiger partial charge is 0.394 e. The van der Waals surface area contributed by atoms with E-state index in [-0.39, 0.29) is 24.0 Å². The third kappa shape index (κ3) is 7.27. The van der Waals surface area contributed by atoms with Gasteiger partial charge in [0, 0.05) is 34.8 Å². The van der Waals surface area contributed by atoms with Crippen molar-refractivity contribution in [3.05, 3.63) is 53.6 Å². The monoisotopic (exact) mass is 524 g/mol. The summed E-state index contributed by atoms with van der Waals surface area (Å²) < 4.78 is 3.39. The first-order valence-electron chi connectivity index (χ1n) is 13.1. The van der Waals surface area contributed by atoms with E-state index in [1.807, 2.05) is 30.3 Å². The zero-order valence-corrected chi connectivity index (χ0v) is 23.4. The molecule has 0 radical (unpaired) electrons. The molecule has 1 aliphatic heterocycles. The van der Waals surface area contributed by atoms with Crippen LogP contribution in [0.5, 0.6) is 0 Å². The number of nitrogens with zero attached hydrogens (tertiary/aromatic N) is 1. The molecule has 2 aromatic carbocycles. The average molecular weight is 525 g/mol. The van der Waals surface area contributed by atoms with Gasteiger partial charge in [-0.25, -0.2) is 0 Å². The highest BCUT2D eigenvalue weighted by molar-refractivity contribution is 7.97. The molecule has 2 fully saturated rings. The van der Waals surface area contributed by atoms with Crippen LogP contribution < -0.4 is 20.3 Å². The molecule has 37 heavy (non-hydrogen) atoms. The Morgan fingerprint density at radius 2 is 1.68 bits per heavy atom. The number of hydrogen-bond donors (Lipinski definition) is 4. The maximum atomic E-state index is 13.5. The van der Waals surface area contributed by atoms with E-state index >= 15 is 0 Å². The predicted molar refractivity (Wildman–Crippen MR) is 151 cm³/mol. The molecule has 0 bridgehead atoms. The van der Waals surface area contributed by atoms with Crippen molar-refractivity contribution in [1.29, 1.82) is 0 Å². The maximum Gasteiger partial charge on any atom is 0.257 e. The van der Waals surface area contributed by atoms with Crippen molar-refractivity contribution in [1.82, 2.24) is 10.0 Å². The zero-order chi connectivity index (χ0) is 26.8. The van der Waals surface area contributed by atoms with Crippen LogP contribution in [0.2, 0.25) is 0 Å². The number of rotatable bonds is 8. The molecule has 1 saturated heterocycles. The fourth-order valence-corrected chi connectivity index (χ4v) is 5.25. The third-order valence-corrected chi connectivity index (χ3v) is 8.24. The number of piperidine rings is 1. The lowest BCUT2D eigenvalue weighted by molar-refractivity contribution is 0.0868. The molecule has 1 spiro atoms. The van der Waals surface area contributed by atoms with Crippen LogP contribution in [0.25, 0.3) is 0 Å². The lowest BCUT2D eigenvalue weighted by atomic mass is 9.92. The molecule has 2 amide bonds. The van der Waals surface area contributed by atoms with Gasteiger partial charge in [-0.15, -0.1) is 0 Å². The van der Waals surface area contributed by atoms with Crippen molar-refractivity contribution < 1.29 is 14.7 Å². The standard InChI is InChI=1S/C29H40N4O3S/c1-27(2,3)32-37-22-8-6-7-21(18-22)30-26(36)23-10-9-20(25(35)31-28(4,5)19-34)17-24(23)33-15-13-29(11-12-29)14-16-33/h6-10,17-18,32,34H,11-16,19H2,1-5H3,(H,30,36)(H,31,35). The number of aliphatic hydroxyl groups excluding tert-OH is 1. The molecule has 4 rings (SSSR count). The van der Waals surface area contributed by atoms with Gasteiger partial charge in [0.1, 0.15) is 0 Å². The number of amides is 2. The molecule has 7 nitrogen and oxygen atoms in total. The minimum Gasteiger partial charge on any atom is -0.394 e. The van der Waals surface area contributed by atoms with Gasteiger partial charge in [-0.2, -0.15) is 0 Å². The molecule has 1 aliphatic carbocycles. The van der Waals surface area contributed by atoms with E-state index < -0.39 is 5.54 Å². The summed E-state index contributed by atoms with van der Waals surface area (Å²) in [6, 6.07) is 13.0. The van der Waals surface area contributed by atoms with Gasteiger partial charge in [0.15, 0.2) is 0 Å². The van der Waals surface area contributed by atoms with E-state index in [0.29, 0.717) is 16.5 Å². The molecule has 200 valence electrons. The molecular formula is C29H40N4O3S. The number of carbonyl (C=O) groups excluding carboxylic acids is 2. The molecule has 4 N–H and O–H groups in total. The first-order chi connectivity index (χ1) is 17.4. The van der Waals surface area contributed by atoms with Crippen LogP contribution in [0.3, 0.4) is 0 Å². The van der Waals surface area contributed by atoms with Crippen LogP contribution in [0.15, 0.2) is 47.4 Å². The van der Waals surface area contributed by atoms with Gasteiger partial charge in [0.2, 0.25) is 0 Å². The molecule has 2 aliphatic rings. The molecule has 2 aromatic rings. The third-order valence-electron chi connectivity index (χ3n) is 7.04. The Hall–Kier alpha value is -2.55. The van der Waals surface area contributed by atoms with Crippen LogP contribution >= 0.6 is 11.9 Å². The van der Waals surface area contributed by atoms with E-state index in [4.69, 9.17) is 0 Å². The van der Waals surface area contributed by atoms with Crippen molar-refractivity contribution in [2.24, 2.45) is 5.41 Å². The van der Waals surface area contributed by atoms with Gasteiger partial charge in [0.05, 0.1) is 23.4 Å². The lowest BCUT2D eigenvalue weighted by Crippen LogP contribution is -2.46. The van der Waals surface area contributed by atoms with E-state index in [2.05, 4.69) is 41.0 Å². The van der Waals surface area contributed by atoms with Gasteiger partial charge in [-0.1, -0.05) is 6.07 Å². The minimum atomic E-state index is -0.734. The van der Waals surface area contributed by atoms with Crippen molar-refractivity contribution in [2.75, 3.05) is 29.9 Å². The maximum absolute atomic E-state index is 13.5. The summed E-state index contributed by atoms with van der Waals surface area (Å²) >= 11 is 1.54. The topological polar surface area (TPSA) is 93.7 Å². The Bertz CT molecular complexity index is 1140. The van der Waals surface area contributed by atoms with E-state index in [0.717, 1.165) is 42.2 Å². The Kier molecular flexibility index (Phi) is 7.93. The molecule has 0 unspecified atom stereocenters. The summed E-state index contributed by atoms with van der Waals surface area (Å²) in [4.78, 5) is 29.7. The number of aliphatic hydroxyl groups is 1. The van der Waals surface area contributed by atoms with Gasteiger partial charge in [-0.05, 0) is 114 Å². The molecule has 8 heteroatoms. The van der Waals surface area contributed by atoms with Gasteiger partial charge < -0.3 is 20.6 Å². The SMILES string of the molecule is CC(C)(C)NSc1cccc(NC(=O)c2ccc(C(=O)NC(C)(C)CO)cc2N2CCC3(CC2)CC3)c1. The summed E-state index contributed by atoms with van der Waals surface area (Å²) in [6.45, 7) is 11.4. The second-order valence-corrected chi connectivity index (χ2v) is 13.0. The molecule has 0 atom stereocenters. The lowest BCUT2D eigenvalue weighted by Gasteiger charge is -2.35. The normalized spacial score (nSPS) is 17.0. The summed E-state index contributed by atoms with van der Waals surface area (Å²) in [5.74, 6) is -0.464. The first kappa shape index (κ1) is 27.5. The molecular weight excluding hydrogens is 484 g/mol. The highest BCUT2D eigenvalue weighted by Crippen LogP contribution is 2.54. The highest BCUT2D eigenvalue weighted by atomic mass is 32.2. The van der Waals surface area contributed by atoms with Crippen molar-refractivity contribution >= 4 is 35.1 Å². The molecule has 1 saturated carbocycles. The number of anilines is 2. The molecule has 1 heterocycles. The minimum absolute atomic E-state index is 0.0350. The average Bonchev–Trinajstić information content (AvgIpc) is 3.61. The quantitative estimate of drug-likeness (QED) is 0.354. The number of nitrogens with one attached hydrogen (secondary N) is 3. The fraction of sp³-hybridized carbons (Fsp3) is 0.517. The Morgan fingerprint density at radius 1 is 0.973 bits per heavy atom. The number of carbonyl (C=O) groups is 2. The second kappa shape index (κ2) is 10.7. The predicted octanol–water partition coefficient (Wildman–Crippen LogP) is 5.22. The van der Waals surface area contributed by atoms with Gasteiger partial charge in [0.25, 0.3) is 11.8 Å². The summed E-state index contributed by atoms with van der Waals surface area (Å²) in [7, 11) is 0. The van der Waals surface area contributed by atoms with E-state index in [1.54, 1.807) is 26.0 Å². The summed E-state index contributed by atoms with van der Waals surface area (Å²) in [5, 5.41) is 15.5. The van der Waals surface area contributed by atoms with Crippen LogP contribution in [0, 0.1) is 5.41 Å². The second-order valence-electron chi connectivity index (χ2n) is 12.2. The highest BCUT2D eigenvalue weighted by Gasteiger charge is 2.44. The van der Waals surface area contributed by atoms with E-state index in [1.165, 1.54) is 24.8 Å². The van der Waals surface area contributed by atoms with E-state index in [9.17, 15) is 14.7 Å². The van der Waals surface area contributed by atoms with Crippen molar-refractivity contribution in [3.8, 4) is 0 Å². The first-order valence-corrected chi connectivity index (χ1v) is 13.9. The fourth-order valence-electron chi connectivity index (χ4n) is 4.49. The zero-order valence-electron chi connectivity index (χ0n) is 22.6. The van der Waals surface area contributed by atoms with Gasteiger partial charge in [-0.3, -0.25) is 14.3 Å². The van der Waals surface area contributed by atoms with Crippen LogP contribution in [0.4, 0.5) is 11.4 Å². The summed E-state index contributed by atoms with van der Waals surface area (Å²) in [6.07, 6.45) is 4.82. The molecule has 0 aromatic heterocycles. The Balaban J connectivity index is 1.56.